The van der Waals surface area contributed by atoms with Crippen molar-refractivity contribution in [3.05, 3.63) is 82.1 Å². The second kappa shape index (κ2) is 9.45. The second-order valence-corrected chi connectivity index (χ2v) is 8.36. The molecule has 1 aromatic heterocycles. The van der Waals surface area contributed by atoms with Gasteiger partial charge in [-0.25, -0.2) is 0 Å². The highest BCUT2D eigenvalue weighted by molar-refractivity contribution is 9.10. The number of hydrogen-bond acceptors (Lipinski definition) is 4. The molecule has 0 atom stereocenters. The maximum atomic E-state index is 13.0. The predicted octanol–water partition coefficient (Wildman–Crippen LogP) is 3.72. The Labute approximate surface area is 185 Å². The van der Waals surface area contributed by atoms with Crippen LogP contribution in [-0.2, 0) is 20.2 Å². The number of piperazine rings is 1. The van der Waals surface area contributed by atoms with E-state index in [0.29, 0.717) is 12.2 Å². The number of carbonyl (C=O) groups is 1. The van der Waals surface area contributed by atoms with Crippen LogP contribution in [0.3, 0.4) is 0 Å². The van der Waals surface area contributed by atoms with Gasteiger partial charge in [0, 0.05) is 57.1 Å². The largest absolute Gasteiger partial charge is 0.488 e. The number of amides is 1. The molecule has 7 heteroatoms. The first-order valence-corrected chi connectivity index (χ1v) is 10.8. The third-order valence-corrected chi connectivity index (χ3v) is 5.88. The smallest absolute Gasteiger partial charge is 0.253 e. The van der Waals surface area contributed by atoms with Crippen molar-refractivity contribution in [3.8, 4) is 5.75 Å². The molecule has 0 bridgehead atoms. The topological polar surface area (TPSA) is 50.6 Å². The quantitative estimate of drug-likeness (QED) is 0.553. The predicted molar refractivity (Wildman–Crippen MR) is 119 cm³/mol. The average molecular weight is 469 g/mol. The lowest BCUT2D eigenvalue weighted by Crippen LogP contribution is -2.48. The molecule has 1 fully saturated rings. The number of rotatable bonds is 6. The summed E-state index contributed by atoms with van der Waals surface area (Å²) >= 11 is 3.49. The monoisotopic (exact) mass is 468 g/mol. The zero-order valence-corrected chi connectivity index (χ0v) is 18.6. The lowest BCUT2D eigenvalue weighted by atomic mass is 10.1. The van der Waals surface area contributed by atoms with E-state index in [9.17, 15) is 4.79 Å². The number of aryl methyl sites for hydroxylation is 1. The van der Waals surface area contributed by atoms with Crippen LogP contribution >= 0.6 is 15.9 Å². The van der Waals surface area contributed by atoms with E-state index in [1.54, 1.807) is 0 Å². The van der Waals surface area contributed by atoms with Gasteiger partial charge in [0.05, 0.1) is 10.7 Å². The van der Waals surface area contributed by atoms with Gasteiger partial charge in [-0.05, 0) is 45.8 Å². The summed E-state index contributed by atoms with van der Waals surface area (Å²) in [5, 5.41) is 4.22. The van der Waals surface area contributed by atoms with Crippen LogP contribution in [0.15, 0.2) is 65.4 Å². The molecule has 2 aromatic carbocycles. The van der Waals surface area contributed by atoms with Crippen molar-refractivity contribution in [1.82, 2.24) is 19.6 Å². The van der Waals surface area contributed by atoms with Crippen molar-refractivity contribution in [3.63, 3.8) is 0 Å². The second-order valence-electron chi connectivity index (χ2n) is 7.51. The lowest BCUT2D eigenvalue weighted by Gasteiger charge is -2.34. The lowest BCUT2D eigenvalue weighted by molar-refractivity contribution is 0.0628. The summed E-state index contributed by atoms with van der Waals surface area (Å²) in [4.78, 5) is 17.3. The molecule has 0 N–H and O–H groups in total. The molecular formula is C23H25BrN4O2. The van der Waals surface area contributed by atoms with Gasteiger partial charge < -0.3 is 9.64 Å². The number of benzene rings is 2. The van der Waals surface area contributed by atoms with E-state index in [-0.39, 0.29) is 5.91 Å². The molecule has 0 saturated carbocycles. The van der Waals surface area contributed by atoms with Crippen molar-refractivity contribution in [2.45, 2.75) is 13.2 Å². The van der Waals surface area contributed by atoms with Crippen molar-refractivity contribution in [1.29, 1.82) is 0 Å². The number of hydrogen-bond donors (Lipinski definition) is 0. The third kappa shape index (κ3) is 5.09. The molecule has 1 aliphatic heterocycles. The molecule has 0 spiro atoms. The minimum absolute atomic E-state index is 0.0822. The van der Waals surface area contributed by atoms with Crippen LogP contribution in [0.2, 0.25) is 0 Å². The highest BCUT2D eigenvalue weighted by Crippen LogP contribution is 2.25. The molecule has 2 heterocycles. The van der Waals surface area contributed by atoms with Gasteiger partial charge in [-0.2, -0.15) is 5.10 Å². The maximum absolute atomic E-state index is 13.0. The number of ether oxygens (including phenoxy) is 1. The Morgan fingerprint density at radius 3 is 2.60 bits per heavy atom. The Morgan fingerprint density at radius 1 is 1.07 bits per heavy atom. The minimum atomic E-state index is 0.0822. The highest BCUT2D eigenvalue weighted by atomic mass is 79.9. The van der Waals surface area contributed by atoms with Crippen molar-refractivity contribution < 1.29 is 9.53 Å². The molecule has 1 saturated heterocycles. The van der Waals surface area contributed by atoms with Gasteiger partial charge in [0.1, 0.15) is 12.4 Å². The molecule has 0 aliphatic carbocycles. The van der Waals surface area contributed by atoms with E-state index >= 15 is 0 Å². The first-order chi connectivity index (χ1) is 14.6. The number of aromatic nitrogens is 2. The molecule has 1 aliphatic rings. The molecule has 30 heavy (non-hydrogen) atoms. The van der Waals surface area contributed by atoms with Gasteiger partial charge in [-0.15, -0.1) is 0 Å². The Kier molecular flexibility index (Phi) is 6.50. The van der Waals surface area contributed by atoms with Gasteiger partial charge in [0.15, 0.2) is 0 Å². The van der Waals surface area contributed by atoms with Crippen LogP contribution in [0.5, 0.6) is 5.75 Å². The van der Waals surface area contributed by atoms with Crippen LogP contribution in [0.25, 0.3) is 0 Å². The summed E-state index contributed by atoms with van der Waals surface area (Å²) in [5.74, 6) is 0.873. The van der Waals surface area contributed by atoms with Gasteiger partial charge >= 0.3 is 0 Å². The Balaban J connectivity index is 1.32. The SMILES string of the molecule is Cn1cc(CN2CCN(C(=O)c3cccc(COc4ccccc4Br)c3)CC2)cn1. The Bertz CT molecular complexity index is 1010. The molecule has 156 valence electrons. The fourth-order valence-corrected chi connectivity index (χ4v) is 4.02. The molecule has 4 rings (SSSR count). The summed E-state index contributed by atoms with van der Waals surface area (Å²) in [5.41, 5.74) is 2.89. The van der Waals surface area contributed by atoms with E-state index in [2.05, 4.69) is 25.9 Å². The Hall–Kier alpha value is -2.64. The standard InChI is InChI=1S/C23H25BrN4O2/c1-26-15-19(14-25-26)16-27-9-11-28(12-10-27)23(29)20-6-4-5-18(13-20)17-30-22-8-3-2-7-21(22)24/h2-8,13-15H,9-12,16-17H2,1H3. The van der Waals surface area contributed by atoms with Crippen LogP contribution in [0, 0.1) is 0 Å². The fourth-order valence-electron chi connectivity index (χ4n) is 3.62. The summed E-state index contributed by atoms with van der Waals surface area (Å²) < 4.78 is 8.63. The number of nitrogens with zero attached hydrogens (tertiary/aromatic N) is 4. The zero-order chi connectivity index (χ0) is 20.9. The summed E-state index contributed by atoms with van der Waals surface area (Å²) in [7, 11) is 1.93. The van der Waals surface area contributed by atoms with Gasteiger partial charge in [-0.1, -0.05) is 24.3 Å². The summed E-state index contributed by atoms with van der Waals surface area (Å²) in [6.45, 7) is 4.49. The van der Waals surface area contributed by atoms with E-state index in [4.69, 9.17) is 4.74 Å². The van der Waals surface area contributed by atoms with E-state index in [0.717, 1.165) is 48.5 Å². The van der Waals surface area contributed by atoms with Crippen molar-refractivity contribution >= 4 is 21.8 Å². The van der Waals surface area contributed by atoms with E-state index in [1.165, 1.54) is 5.56 Å². The van der Waals surface area contributed by atoms with Crippen LogP contribution in [0.4, 0.5) is 0 Å². The summed E-state index contributed by atoms with van der Waals surface area (Å²) in [6.07, 6.45) is 3.94. The van der Waals surface area contributed by atoms with E-state index < -0.39 is 0 Å². The first-order valence-electron chi connectivity index (χ1n) is 10.0. The van der Waals surface area contributed by atoms with Gasteiger partial charge in [-0.3, -0.25) is 14.4 Å². The van der Waals surface area contributed by atoms with Crippen LogP contribution < -0.4 is 4.74 Å². The minimum Gasteiger partial charge on any atom is -0.488 e. The van der Waals surface area contributed by atoms with Crippen molar-refractivity contribution in [2.75, 3.05) is 26.2 Å². The third-order valence-electron chi connectivity index (χ3n) is 5.23. The van der Waals surface area contributed by atoms with E-state index in [1.807, 2.05) is 77.6 Å². The zero-order valence-electron chi connectivity index (χ0n) is 17.0. The highest BCUT2D eigenvalue weighted by Gasteiger charge is 2.22. The van der Waals surface area contributed by atoms with Crippen LogP contribution in [0.1, 0.15) is 21.5 Å². The average Bonchev–Trinajstić information content (AvgIpc) is 3.18. The maximum Gasteiger partial charge on any atom is 0.253 e. The van der Waals surface area contributed by atoms with Crippen molar-refractivity contribution in [2.24, 2.45) is 7.05 Å². The molecular weight excluding hydrogens is 444 g/mol. The Morgan fingerprint density at radius 2 is 1.87 bits per heavy atom. The van der Waals surface area contributed by atoms with Crippen LogP contribution in [-0.4, -0.2) is 51.7 Å². The summed E-state index contributed by atoms with van der Waals surface area (Å²) in [6, 6.07) is 15.5. The van der Waals surface area contributed by atoms with Gasteiger partial charge in [0.2, 0.25) is 0 Å². The fraction of sp³-hybridized carbons (Fsp3) is 0.304. The number of carbonyl (C=O) groups excluding carboxylic acids is 1. The number of para-hydroxylation sites is 1. The molecule has 0 unspecified atom stereocenters. The molecule has 1 amide bonds. The molecule has 0 radical (unpaired) electrons. The van der Waals surface area contributed by atoms with Gasteiger partial charge in [0.25, 0.3) is 5.91 Å². The molecule has 6 nitrogen and oxygen atoms in total. The first kappa shape index (κ1) is 20.6. The normalized spacial score (nSPS) is 14.7. The number of halogens is 1. The molecule has 3 aromatic rings.